The van der Waals surface area contributed by atoms with Gasteiger partial charge in [-0.05, 0) is 13.0 Å². The van der Waals surface area contributed by atoms with E-state index in [9.17, 15) is 4.39 Å². The Morgan fingerprint density at radius 1 is 1.70 bits per heavy atom. The molecule has 0 saturated heterocycles. The van der Waals surface area contributed by atoms with Gasteiger partial charge in [0.05, 0.1) is 0 Å². The van der Waals surface area contributed by atoms with Gasteiger partial charge in [-0.2, -0.15) is 0 Å². The van der Waals surface area contributed by atoms with Crippen LogP contribution in [-0.2, 0) is 0 Å². The Morgan fingerprint density at radius 2 is 2.40 bits per heavy atom. The second kappa shape index (κ2) is 2.60. The van der Waals surface area contributed by atoms with Crippen LogP contribution in [0.15, 0.2) is 18.8 Å². The molecule has 0 bridgehead atoms. The van der Waals surface area contributed by atoms with E-state index in [2.05, 4.69) is 11.6 Å². The van der Waals surface area contributed by atoms with Crippen LogP contribution in [0.2, 0.25) is 0 Å². The van der Waals surface area contributed by atoms with Gasteiger partial charge in [0.1, 0.15) is 5.82 Å². The maximum Gasteiger partial charge on any atom is 0.133 e. The number of halogens is 1. The summed E-state index contributed by atoms with van der Waals surface area (Å²) in [6.07, 6.45) is 2.92. The van der Waals surface area contributed by atoms with Crippen LogP contribution in [-0.4, -0.2) is 4.98 Å². The number of rotatable bonds is 1. The molecule has 0 aliphatic carbocycles. The standard InChI is InChI=1S/C8H8FN/c1-3-7-5-10-6(2)4-8(7)9/h3-5H,1H2,2H3. The number of aromatic nitrogens is 1. The zero-order chi connectivity index (χ0) is 7.56. The van der Waals surface area contributed by atoms with Crippen molar-refractivity contribution in [2.24, 2.45) is 0 Å². The van der Waals surface area contributed by atoms with E-state index in [1.165, 1.54) is 18.3 Å². The molecule has 52 valence electrons. The summed E-state index contributed by atoms with van der Waals surface area (Å²) in [4.78, 5) is 3.90. The van der Waals surface area contributed by atoms with Gasteiger partial charge in [0.15, 0.2) is 0 Å². The van der Waals surface area contributed by atoms with Crippen molar-refractivity contribution in [1.29, 1.82) is 0 Å². The predicted octanol–water partition coefficient (Wildman–Crippen LogP) is 2.17. The van der Waals surface area contributed by atoms with Gasteiger partial charge >= 0.3 is 0 Å². The highest BCUT2D eigenvalue weighted by atomic mass is 19.1. The average Bonchev–Trinajstić information content (AvgIpc) is 1.88. The van der Waals surface area contributed by atoms with Crippen molar-refractivity contribution in [3.63, 3.8) is 0 Å². The Labute approximate surface area is 59.2 Å². The van der Waals surface area contributed by atoms with E-state index in [4.69, 9.17) is 0 Å². The molecule has 0 spiro atoms. The molecule has 10 heavy (non-hydrogen) atoms. The van der Waals surface area contributed by atoms with E-state index in [1.807, 2.05) is 0 Å². The molecule has 0 saturated carbocycles. The largest absolute Gasteiger partial charge is 0.261 e. The highest BCUT2D eigenvalue weighted by molar-refractivity contribution is 5.45. The quantitative estimate of drug-likeness (QED) is 0.578. The lowest BCUT2D eigenvalue weighted by Gasteiger charge is -1.95. The van der Waals surface area contributed by atoms with Gasteiger partial charge in [-0.3, -0.25) is 4.98 Å². The molecule has 1 aromatic heterocycles. The van der Waals surface area contributed by atoms with Crippen molar-refractivity contribution in [1.82, 2.24) is 4.98 Å². The monoisotopic (exact) mass is 137 g/mol. The first-order valence-corrected chi connectivity index (χ1v) is 2.98. The molecule has 1 nitrogen and oxygen atoms in total. The summed E-state index contributed by atoms with van der Waals surface area (Å²) in [6.45, 7) is 5.19. The first kappa shape index (κ1) is 6.93. The van der Waals surface area contributed by atoms with Crippen molar-refractivity contribution in [2.75, 3.05) is 0 Å². The van der Waals surface area contributed by atoms with E-state index in [0.717, 1.165) is 0 Å². The molecule has 1 heterocycles. The summed E-state index contributed by atoms with van der Waals surface area (Å²) in [5, 5.41) is 0. The molecule has 0 unspecified atom stereocenters. The Bertz CT molecular complexity index is 255. The smallest absolute Gasteiger partial charge is 0.133 e. The Kier molecular flexibility index (Phi) is 1.81. The fourth-order valence-electron chi connectivity index (χ4n) is 0.687. The fourth-order valence-corrected chi connectivity index (χ4v) is 0.687. The van der Waals surface area contributed by atoms with Crippen molar-refractivity contribution < 1.29 is 4.39 Å². The zero-order valence-electron chi connectivity index (χ0n) is 5.76. The summed E-state index contributed by atoms with van der Waals surface area (Å²) in [7, 11) is 0. The molecule has 0 N–H and O–H groups in total. The highest BCUT2D eigenvalue weighted by Gasteiger charge is 1.96. The van der Waals surface area contributed by atoms with E-state index in [0.29, 0.717) is 11.3 Å². The minimum absolute atomic E-state index is 0.262. The fraction of sp³-hybridized carbons (Fsp3) is 0.125. The molecular weight excluding hydrogens is 129 g/mol. The molecule has 0 aliphatic heterocycles. The second-order valence-electron chi connectivity index (χ2n) is 2.05. The number of hydrogen-bond acceptors (Lipinski definition) is 1. The van der Waals surface area contributed by atoms with Gasteiger partial charge in [0.2, 0.25) is 0 Å². The predicted molar refractivity (Wildman–Crippen MR) is 39.0 cm³/mol. The number of pyridine rings is 1. The lowest BCUT2D eigenvalue weighted by Crippen LogP contribution is -1.86. The van der Waals surface area contributed by atoms with E-state index >= 15 is 0 Å². The van der Waals surface area contributed by atoms with Gasteiger partial charge in [-0.15, -0.1) is 0 Å². The molecule has 0 radical (unpaired) electrons. The summed E-state index contributed by atoms with van der Waals surface area (Å²) in [5.41, 5.74) is 1.13. The molecule has 0 aliphatic rings. The SMILES string of the molecule is C=Cc1cnc(C)cc1F. The first-order valence-electron chi connectivity index (χ1n) is 2.98. The Morgan fingerprint density at radius 3 is 2.90 bits per heavy atom. The van der Waals surface area contributed by atoms with Crippen molar-refractivity contribution in [3.05, 3.63) is 35.9 Å². The molecular formula is C8H8FN. The Hall–Kier alpha value is -1.18. The van der Waals surface area contributed by atoms with Gasteiger partial charge < -0.3 is 0 Å². The van der Waals surface area contributed by atoms with Gasteiger partial charge in [-0.1, -0.05) is 12.7 Å². The summed E-state index contributed by atoms with van der Waals surface area (Å²) >= 11 is 0. The van der Waals surface area contributed by atoms with Crippen molar-refractivity contribution in [3.8, 4) is 0 Å². The van der Waals surface area contributed by atoms with Crippen LogP contribution in [0.25, 0.3) is 6.08 Å². The van der Waals surface area contributed by atoms with E-state index in [1.54, 1.807) is 6.92 Å². The van der Waals surface area contributed by atoms with Crippen LogP contribution < -0.4 is 0 Å². The van der Waals surface area contributed by atoms with E-state index < -0.39 is 0 Å². The minimum Gasteiger partial charge on any atom is -0.261 e. The zero-order valence-corrected chi connectivity index (χ0v) is 5.76. The average molecular weight is 137 g/mol. The van der Waals surface area contributed by atoms with Gasteiger partial charge in [0.25, 0.3) is 0 Å². The first-order chi connectivity index (χ1) is 4.74. The third-order valence-electron chi connectivity index (χ3n) is 1.24. The molecule has 0 amide bonds. The molecule has 0 aromatic carbocycles. The maximum absolute atomic E-state index is 12.7. The molecule has 1 aromatic rings. The van der Waals surface area contributed by atoms with Crippen molar-refractivity contribution >= 4 is 6.08 Å². The van der Waals surface area contributed by atoms with Crippen LogP contribution in [0.5, 0.6) is 0 Å². The van der Waals surface area contributed by atoms with Crippen LogP contribution >= 0.6 is 0 Å². The maximum atomic E-state index is 12.7. The number of aryl methyl sites for hydroxylation is 1. The van der Waals surface area contributed by atoms with Gasteiger partial charge in [-0.25, -0.2) is 4.39 Å². The Balaban J connectivity index is 3.19. The summed E-state index contributed by atoms with van der Waals surface area (Å²) < 4.78 is 12.7. The number of hydrogen-bond donors (Lipinski definition) is 0. The van der Waals surface area contributed by atoms with E-state index in [-0.39, 0.29) is 5.82 Å². The molecule has 0 fully saturated rings. The normalized spacial score (nSPS) is 9.40. The lowest BCUT2D eigenvalue weighted by molar-refractivity contribution is 0.621. The summed E-state index contributed by atoms with van der Waals surface area (Å²) in [6, 6.07) is 1.39. The van der Waals surface area contributed by atoms with Gasteiger partial charge in [0, 0.05) is 17.5 Å². The summed E-state index contributed by atoms with van der Waals surface area (Å²) in [5.74, 6) is -0.262. The third-order valence-corrected chi connectivity index (χ3v) is 1.24. The lowest BCUT2D eigenvalue weighted by atomic mass is 10.2. The number of nitrogens with zero attached hydrogens (tertiary/aromatic N) is 1. The van der Waals surface area contributed by atoms with Crippen LogP contribution in [0.3, 0.4) is 0 Å². The topological polar surface area (TPSA) is 12.9 Å². The molecule has 1 rings (SSSR count). The van der Waals surface area contributed by atoms with Crippen LogP contribution in [0.1, 0.15) is 11.3 Å². The highest BCUT2D eigenvalue weighted by Crippen LogP contribution is 2.07. The minimum atomic E-state index is -0.262. The molecule has 0 atom stereocenters. The third kappa shape index (κ3) is 1.21. The molecule has 2 heteroatoms. The van der Waals surface area contributed by atoms with Crippen LogP contribution in [0, 0.1) is 12.7 Å². The van der Waals surface area contributed by atoms with Crippen LogP contribution in [0.4, 0.5) is 4.39 Å². The van der Waals surface area contributed by atoms with Crippen molar-refractivity contribution in [2.45, 2.75) is 6.92 Å². The second-order valence-corrected chi connectivity index (χ2v) is 2.05.